The van der Waals surface area contributed by atoms with Crippen molar-refractivity contribution in [1.29, 1.82) is 0 Å². The Balaban J connectivity index is 0.898. The minimum atomic E-state index is -1.97. The molecule has 0 radical (unpaired) electrons. The Morgan fingerprint density at radius 1 is 0.618 bits per heavy atom. The second-order valence-corrected chi connectivity index (χ2v) is 23.8. The van der Waals surface area contributed by atoms with Crippen molar-refractivity contribution in [2.75, 3.05) is 26.4 Å². The molecular weight excluding hydrogens is 1010 g/mol. The zero-order valence-corrected chi connectivity index (χ0v) is 43.4. The van der Waals surface area contributed by atoms with Crippen LogP contribution >= 0.6 is 0 Å². The van der Waals surface area contributed by atoms with Crippen LogP contribution in [0, 0.1) is 34.5 Å². The molecular formula is C51H82O25. The molecule has 436 valence electrons. The molecule has 7 fully saturated rings. The van der Waals surface area contributed by atoms with E-state index >= 15 is 0 Å². The Kier molecular flexibility index (Phi) is 17.4. The van der Waals surface area contributed by atoms with Gasteiger partial charge >= 0.3 is 0 Å². The molecule has 4 aliphatic carbocycles. The van der Waals surface area contributed by atoms with E-state index in [0.29, 0.717) is 19.3 Å². The third-order valence-corrected chi connectivity index (χ3v) is 19.1. The third kappa shape index (κ3) is 10.1. The molecule has 0 spiro atoms. The van der Waals surface area contributed by atoms with E-state index in [1.165, 1.54) is 6.92 Å². The maximum atomic E-state index is 12.9. The predicted octanol–water partition coefficient (Wildman–Crippen LogP) is -5.00. The Bertz CT molecular complexity index is 2070. The van der Waals surface area contributed by atoms with Gasteiger partial charge in [-0.3, -0.25) is 0 Å². The van der Waals surface area contributed by atoms with Crippen molar-refractivity contribution in [3.63, 3.8) is 0 Å². The van der Waals surface area contributed by atoms with Gasteiger partial charge in [-0.15, -0.1) is 0 Å². The van der Waals surface area contributed by atoms with Crippen molar-refractivity contribution in [2.45, 2.75) is 232 Å². The smallest absolute Gasteiger partial charge is 0.187 e. The van der Waals surface area contributed by atoms with Crippen LogP contribution in [0.15, 0.2) is 23.3 Å². The molecule has 5 aliphatic heterocycles. The van der Waals surface area contributed by atoms with Crippen molar-refractivity contribution >= 4 is 0 Å². The molecule has 16 N–H and O–H groups in total. The zero-order chi connectivity index (χ0) is 55.3. The van der Waals surface area contributed by atoms with Gasteiger partial charge in [0.25, 0.3) is 0 Å². The molecule has 0 unspecified atom stereocenters. The molecule has 2 saturated carbocycles. The summed E-state index contributed by atoms with van der Waals surface area (Å²) in [4.78, 5) is 0. The minimum absolute atomic E-state index is 0.0142. The maximum absolute atomic E-state index is 12.9. The Labute approximate surface area is 439 Å². The first-order valence-corrected chi connectivity index (χ1v) is 26.8. The Morgan fingerprint density at radius 3 is 1.80 bits per heavy atom. The first-order valence-electron chi connectivity index (χ1n) is 26.8. The molecule has 0 aromatic rings. The van der Waals surface area contributed by atoms with Crippen molar-refractivity contribution < 1.29 is 124 Å². The zero-order valence-electron chi connectivity index (χ0n) is 43.4. The van der Waals surface area contributed by atoms with Crippen molar-refractivity contribution in [2.24, 2.45) is 34.5 Å². The van der Waals surface area contributed by atoms with E-state index in [9.17, 15) is 81.7 Å². The molecule has 76 heavy (non-hydrogen) atoms. The fourth-order valence-electron chi connectivity index (χ4n) is 14.2. The van der Waals surface area contributed by atoms with Crippen LogP contribution in [0.1, 0.15) is 79.6 Å². The minimum Gasteiger partial charge on any atom is -0.394 e. The summed E-state index contributed by atoms with van der Waals surface area (Å²) in [6, 6.07) is 0. The second kappa shape index (κ2) is 22.3. The number of rotatable bonds is 15. The van der Waals surface area contributed by atoms with Crippen molar-refractivity contribution in [3.05, 3.63) is 23.3 Å². The summed E-state index contributed by atoms with van der Waals surface area (Å²) in [5.74, 6) is -1.97. The van der Waals surface area contributed by atoms with Gasteiger partial charge in [0.15, 0.2) is 30.9 Å². The van der Waals surface area contributed by atoms with E-state index in [-0.39, 0.29) is 67.5 Å². The molecule has 0 aromatic carbocycles. The topological polar surface area (TPSA) is 407 Å². The highest BCUT2D eigenvalue weighted by molar-refractivity contribution is 5.49. The van der Waals surface area contributed by atoms with Crippen LogP contribution in [0.4, 0.5) is 0 Å². The van der Waals surface area contributed by atoms with Gasteiger partial charge in [-0.2, -0.15) is 0 Å². The molecule has 0 amide bonds. The summed E-state index contributed by atoms with van der Waals surface area (Å²) >= 11 is 0. The Hall–Kier alpha value is -1.52. The molecule has 25 nitrogen and oxygen atoms in total. The first kappa shape index (κ1) is 59.1. The van der Waals surface area contributed by atoms with Crippen LogP contribution in [-0.2, 0) is 42.6 Å². The number of aliphatic hydroxyl groups excluding tert-OH is 14. The highest BCUT2D eigenvalue weighted by Gasteiger charge is 2.68. The monoisotopic (exact) mass is 1090 g/mol. The van der Waals surface area contributed by atoms with E-state index in [1.807, 2.05) is 26.8 Å². The van der Waals surface area contributed by atoms with Crippen LogP contribution in [0.2, 0.25) is 0 Å². The van der Waals surface area contributed by atoms with Gasteiger partial charge in [0.2, 0.25) is 0 Å². The summed E-state index contributed by atoms with van der Waals surface area (Å²) < 4.78 is 54.0. The highest BCUT2D eigenvalue weighted by Crippen LogP contribution is 2.69. The predicted molar refractivity (Wildman–Crippen MR) is 253 cm³/mol. The van der Waals surface area contributed by atoms with E-state index in [4.69, 9.17) is 42.6 Å². The third-order valence-electron chi connectivity index (χ3n) is 19.1. The molecule has 25 heteroatoms. The lowest BCUT2D eigenvalue weighted by molar-refractivity contribution is -0.397. The lowest BCUT2D eigenvalue weighted by atomic mass is 9.49. The molecule has 0 bridgehead atoms. The Morgan fingerprint density at radius 2 is 1.17 bits per heavy atom. The van der Waals surface area contributed by atoms with E-state index in [1.54, 1.807) is 0 Å². The van der Waals surface area contributed by atoms with Gasteiger partial charge in [0.05, 0.1) is 56.4 Å². The average molecular weight is 1100 g/mol. The van der Waals surface area contributed by atoms with Crippen LogP contribution in [0.25, 0.3) is 0 Å². The highest BCUT2D eigenvalue weighted by atomic mass is 16.8. The summed E-state index contributed by atoms with van der Waals surface area (Å²) in [7, 11) is 0. The number of aliphatic hydroxyl groups is 16. The molecule has 9 rings (SSSR count). The number of fused-ring (bicyclic) bond motifs is 7. The molecule has 9 aliphatic rings. The molecule has 31 atom stereocenters. The van der Waals surface area contributed by atoms with Gasteiger partial charge in [-0.1, -0.05) is 39.8 Å². The van der Waals surface area contributed by atoms with Gasteiger partial charge in [-0.05, 0) is 73.3 Å². The normalized spacial score (nSPS) is 54.7. The first-order chi connectivity index (χ1) is 35.8. The fourth-order valence-corrected chi connectivity index (χ4v) is 14.2. The quantitative estimate of drug-likeness (QED) is 0.0730. The average Bonchev–Trinajstić information content (AvgIpc) is 3.84. The van der Waals surface area contributed by atoms with Gasteiger partial charge in [-0.25, -0.2) is 0 Å². The van der Waals surface area contributed by atoms with E-state index in [2.05, 4.69) is 13.0 Å². The molecule has 5 heterocycles. The summed E-state index contributed by atoms with van der Waals surface area (Å²) in [5, 5.41) is 174. The largest absolute Gasteiger partial charge is 0.394 e. The van der Waals surface area contributed by atoms with E-state index in [0.717, 1.165) is 11.1 Å². The molecule has 0 aromatic heterocycles. The second-order valence-electron chi connectivity index (χ2n) is 23.8. The summed E-state index contributed by atoms with van der Waals surface area (Å²) in [5.41, 5.74) is -1.01. The van der Waals surface area contributed by atoms with E-state index < -0.39 is 172 Å². The van der Waals surface area contributed by atoms with Crippen molar-refractivity contribution in [1.82, 2.24) is 0 Å². The van der Waals surface area contributed by atoms with Crippen LogP contribution < -0.4 is 0 Å². The summed E-state index contributed by atoms with van der Waals surface area (Å²) in [6.45, 7) is 7.26. The van der Waals surface area contributed by atoms with Crippen LogP contribution in [-0.4, -0.2) is 261 Å². The van der Waals surface area contributed by atoms with Gasteiger partial charge in [0, 0.05) is 24.2 Å². The standard InChI is InChI=1S/C51H82O25/c1-19(18-68-44-39(63)37(61)33(57)28(15-52)71-44)6-11-51(67)20(2)31-26(76-51)12-24-22-7-10-50(66)14-27(25(55)13-49(50,5)23(22)8-9-48(24,31)4)70-47-43(75-45-40(64)36(60)32(56)21(3)69-45)42(35(59)30(17-54)73-47)74-46-41(65)38(62)34(58)29(16-53)72-46/h7-8,19-21,24-47,52-67H,6,9-18H2,1-5H3/t19-,20+,21+,24+,25-,26+,27-,28-,29-,30-,31+,32+,33-,34+,35-,36-,37+,38+,39-,40-,41-,42+,43-,44-,45+,46+,47-,48+,49-,50-,51-/m1/s1. The van der Waals surface area contributed by atoms with Gasteiger partial charge in [0.1, 0.15) is 91.6 Å². The SMILES string of the molecule is C[C@H](CC[C@@]1(O)O[C@H]2C[C@H]3C4=CC[C@@]5(O)C[C@@H](O[C@@H]6O[C@H](CO)[C@@H](O)[C@H](O[C@@H]7O[C@H](CO)[C@H](O)[C@H](O)[C@H]7O)[C@H]6O[C@@H]6O[C@@H](C)[C@H](O)[C@@H](O)[C@H]6O)[C@H](O)C[C@]5(C)C4=CC[C@]3(C)[C@H]2[C@@H]1C)CO[C@@H]1O[C@H](CO)[C@@H](O)[C@H](O)[C@H]1O. The summed E-state index contributed by atoms with van der Waals surface area (Å²) in [6.07, 6.45) is -29.4. The van der Waals surface area contributed by atoms with Crippen LogP contribution in [0.3, 0.4) is 0 Å². The maximum Gasteiger partial charge on any atom is 0.187 e. The number of ether oxygens (including phenoxy) is 9. The number of allylic oxidation sites excluding steroid dienone is 2. The van der Waals surface area contributed by atoms with Crippen LogP contribution in [0.5, 0.6) is 0 Å². The lowest BCUT2D eigenvalue weighted by Gasteiger charge is -2.59. The lowest BCUT2D eigenvalue weighted by Crippen LogP contribution is -2.68. The van der Waals surface area contributed by atoms with Gasteiger partial charge < -0.3 is 124 Å². The number of hydrogen-bond acceptors (Lipinski definition) is 25. The molecule has 5 saturated heterocycles. The van der Waals surface area contributed by atoms with Crippen molar-refractivity contribution in [3.8, 4) is 0 Å². The fraction of sp³-hybridized carbons (Fsp3) is 0.922. The number of hydrogen-bond donors (Lipinski definition) is 16.